The molecule has 0 saturated heterocycles. The van der Waals surface area contributed by atoms with Gasteiger partial charge < -0.3 is 4.57 Å². The van der Waals surface area contributed by atoms with Gasteiger partial charge in [0.05, 0.1) is 10.4 Å². The Labute approximate surface area is 125 Å². The number of fused-ring (bicyclic) bond motifs is 1. The molecule has 0 spiro atoms. The summed E-state index contributed by atoms with van der Waals surface area (Å²) in [7, 11) is 0. The molecule has 0 unspecified atom stereocenters. The topological polar surface area (TPSA) is 73.8 Å². The fourth-order valence-corrected chi connectivity index (χ4v) is 2.46. The minimum atomic E-state index is -0.400. The molecule has 0 bridgehead atoms. The highest BCUT2D eigenvalue weighted by Gasteiger charge is 2.14. The maximum Gasteiger partial charge on any atom is 0.270 e. The summed E-state index contributed by atoms with van der Waals surface area (Å²) in [5.74, 6) is 0.668. The van der Waals surface area contributed by atoms with E-state index in [4.69, 9.17) is 11.6 Å². The largest absolute Gasteiger partial charge is 0.301 e. The average molecular weight is 303 g/mol. The Kier molecular flexibility index (Phi) is 3.10. The number of nitro benzene ring substituents is 1. The summed E-state index contributed by atoms with van der Waals surface area (Å²) < 4.78 is 1.87. The smallest absolute Gasteiger partial charge is 0.270 e. The number of nitrogens with zero attached hydrogens (tertiary/aromatic N) is 4. The zero-order valence-corrected chi connectivity index (χ0v) is 12.1. The van der Waals surface area contributed by atoms with Crippen LogP contribution in [-0.2, 0) is 0 Å². The molecule has 2 aromatic heterocycles. The van der Waals surface area contributed by atoms with Crippen LogP contribution in [-0.4, -0.2) is 19.5 Å². The van der Waals surface area contributed by atoms with Crippen LogP contribution in [0, 0.1) is 24.0 Å². The molecule has 0 radical (unpaired) electrons. The molecule has 0 saturated carbocycles. The number of aromatic nitrogens is 3. The molecule has 3 aromatic rings. The molecule has 0 aliphatic rings. The van der Waals surface area contributed by atoms with E-state index in [1.807, 2.05) is 24.6 Å². The first-order chi connectivity index (χ1) is 9.97. The predicted octanol–water partition coefficient (Wildman–Crippen LogP) is 3.60. The van der Waals surface area contributed by atoms with Crippen molar-refractivity contribution in [3.63, 3.8) is 0 Å². The summed E-state index contributed by atoms with van der Waals surface area (Å²) in [6.07, 6.45) is 3.54. The molecule has 0 aliphatic heterocycles. The number of halogens is 1. The number of benzene rings is 1. The van der Waals surface area contributed by atoms with E-state index < -0.39 is 4.92 Å². The third-order valence-corrected chi connectivity index (χ3v) is 3.52. The Morgan fingerprint density at radius 2 is 2.05 bits per heavy atom. The highest BCUT2D eigenvalue weighted by Crippen LogP contribution is 2.28. The van der Waals surface area contributed by atoms with Crippen molar-refractivity contribution in [3.05, 3.63) is 57.1 Å². The van der Waals surface area contributed by atoms with Gasteiger partial charge in [0.15, 0.2) is 0 Å². The Morgan fingerprint density at radius 1 is 1.29 bits per heavy atom. The fraction of sp³-hybridized carbons (Fsp3) is 0.143. The van der Waals surface area contributed by atoms with E-state index in [0.717, 1.165) is 22.0 Å². The molecule has 0 N–H and O–H groups in total. The molecular weight excluding hydrogens is 292 g/mol. The Hall–Kier alpha value is -2.47. The molecule has 6 nitrogen and oxygen atoms in total. The van der Waals surface area contributed by atoms with Crippen molar-refractivity contribution in [3.8, 4) is 5.82 Å². The lowest BCUT2D eigenvalue weighted by molar-refractivity contribution is -0.384. The van der Waals surface area contributed by atoms with Crippen LogP contribution in [0.15, 0.2) is 30.6 Å². The van der Waals surface area contributed by atoms with Crippen molar-refractivity contribution in [1.82, 2.24) is 14.5 Å². The van der Waals surface area contributed by atoms with E-state index in [-0.39, 0.29) is 11.0 Å². The lowest BCUT2D eigenvalue weighted by Gasteiger charge is -2.07. The third kappa shape index (κ3) is 2.23. The maximum absolute atomic E-state index is 10.9. The van der Waals surface area contributed by atoms with Crippen molar-refractivity contribution in [2.24, 2.45) is 0 Å². The summed E-state index contributed by atoms with van der Waals surface area (Å²) in [6.45, 7) is 3.79. The van der Waals surface area contributed by atoms with Gasteiger partial charge in [0.2, 0.25) is 5.28 Å². The lowest BCUT2D eigenvalue weighted by atomic mass is 10.2. The van der Waals surface area contributed by atoms with Crippen LogP contribution in [0.5, 0.6) is 0 Å². The van der Waals surface area contributed by atoms with Crippen molar-refractivity contribution in [2.75, 3.05) is 0 Å². The molecule has 0 amide bonds. The predicted molar refractivity (Wildman–Crippen MR) is 80.0 cm³/mol. The quantitative estimate of drug-likeness (QED) is 0.412. The van der Waals surface area contributed by atoms with Crippen LogP contribution in [0.4, 0.5) is 5.69 Å². The molecule has 0 fully saturated rings. The van der Waals surface area contributed by atoms with Gasteiger partial charge in [-0.1, -0.05) is 0 Å². The van der Waals surface area contributed by atoms with Crippen LogP contribution in [0.3, 0.4) is 0 Å². The molecule has 1 aromatic carbocycles. The summed E-state index contributed by atoms with van der Waals surface area (Å²) in [5.41, 5.74) is 2.72. The second-order valence-corrected chi connectivity index (χ2v) is 5.12. The van der Waals surface area contributed by atoms with Crippen LogP contribution >= 0.6 is 11.6 Å². The zero-order valence-electron chi connectivity index (χ0n) is 11.4. The maximum atomic E-state index is 10.9. The second kappa shape index (κ2) is 4.82. The zero-order chi connectivity index (χ0) is 15.1. The van der Waals surface area contributed by atoms with Gasteiger partial charge in [-0.05, 0) is 37.1 Å². The summed E-state index contributed by atoms with van der Waals surface area (Å²) in [4.78, 5) is 18.7. The van der Waals surface area contributed by atoms with Crippen LogP contribution in [0.2, 0.25) is 5.28 Å². The number of hydrogen-bond acceptors (Lipinski definition) is 4. The van der Waals surface area contributed by atoms with Gasteiger partial charge in [-0.25, -0.2) is 4.98 Å². The SMILES string of the molecule is Cc1cnc(Cl)nc1-n1cc(C)c2cc([N+](=O)[O-])ccc21. The monoisotopic (exact) mass is 302 g/mol. The highest BCUT2D eigenvalue weighted by molar-refractivity contribution is 6.28. The summed E-state index contributed by atoms with van der Waals surface area (Å²) in [5, 5.41) is 11.9. The Morgan fingerprint density at radius 3 is 2.76 bits per heavy atom. The second-order valence-electron chi connectivity index (χ2n) is 4.79. The van der Waals surface area contributed by atoms with Crippen LogP contribution < -0.4 is 0 Å². The highest BCUT2D eigenvalue weighted by atomic mass is 35.5. The van der Waals surface area contributed by atoms with Gasteiger partial charge in [0.25, 0.3) is 5.69 Å². The third-order valence-electron chi connectivity index (χ3n) is 3.34. The first-order valence-corrected chi connectivity index (χ1v) is 6.61. The van der Waals surface area contributed by atoms with Crippen molar-refractivity contribution in [1.29, 1.82) is 0 Å². The Bertz CT molecular complexity index is 873. The average Bonchev–Trinajstić information content (AvgIpc) is 2.78. The minimum absolute atomic E-state index is 0.0702. The minimum Gasteiger partial charge on any atom is -0.301 e. The summed E-state index contributed by atoms with van der Waals surface area (Å²) >= 11 is 5.87. The van der Waals surface area contributed by atoms with E-state index in [2.05, 4.69) is 9.97 Å². The molecule has 106 valence electrons. The van der Waals surface area contributed by atoms with Gasteiger partial charge in [0, 0.05) is 35.5 Å². The first kappa shape index (κ1) is 13.5. The van der Waals surface area contributed by atoms with E-state index in [9.17, 15) is 10.1 Å². The van der Waals surface area contributed by atoms with Gasteiger partial charge in [-0.15, -0.1) is 0 Å². The van der Waals surface area contributed by atoms with Gasteiger partial charge in [-0.2, -0.15) is 4.98 Å². The number of rotatable bonds is 2. The Balaban J connectivity index is 2.29. The molecular formula is C14H11ClN4O2. The van der Waals surface area contributed by atoms with Crippen molar-refractivity contribution in [2.45, 2.75) is 13.8 Å². The van der Waals surface area contributed by atoms with Gasteiger partial charge >= 0.3 is 0 Å². The van der Waals surface area contributed by atoms with Crippen molar-refractivity contribution < 1.29 is 4.92 Å². The molecule has 3 rings (SSSR count). The normalized spacial score (nSPS) is 11.0. The molecule has 2 heterocycles. The van der Waals surface area contributed by atoms with E-state index in [1.165, 1.54) is 6.07 Å². The molecule has 0 atom stereocenters. The number of non-ortho nitro benzene ring substituents is 1. The van der Waals surface area contributed by atoms with E-state index >= 15 is 0 Å². The fourth-order valence-electron chi connectivity index (χ4n) is 2.33. The van der Waals surface area contributed by atoms with Crippen LogP contribution in [0.25, 0.3) is 16.7 Å². The first-order valence-electron chi connectivity index (χ1n) is 6.23. The summed E-state index contributed by atoms with van der Waals surface area (Å²) in [6, 6.07) is 4.77. The standard InChI is InChI=1S/C14H11ClN4O2/c1-8-6-16-14(15)17-13(8)18-7-9(2)11-5-10(19(20)21)3-4-12(11)18/h3-7H,1-2H3. The molecule has 21 heavy (non-hydrogen) atoms. The molecule has 0 aliphatic carbocycles. The van der Waals surface area contributed by atoms with Gasteiger partial charge in [0.1, 0.15) is 5.82 Å². The number of aryl methyl sites for hydroxylation is 2. The number of nitro groups is 1. The van der Waals surface area contributed by atoms with E-state index in [1.54, 1.807) is 18.3 Å². The van der Waals surface area contributed by atoms with Gasteiger partial charge in [-0.3, -0.25) is 10.1 Å². The molecule has 7 heteroatoms. The van der Waals surface area contributed by atoms with Crippen molar-refractivity contribution >= 4 is 28.2 Å². The lowest BCUT2D eigenvalue weighted by Crippen LogP contribution is -2.00. The number of hydrogen-bond donors (Lipinski definition) is 0. The van der Waals surface area contributed by atoms with Crippen LogP contribution in [0.1, 0.15) is 11.1 Å². The van der Waals surface area contributed by atoms with E-state index in [0.29, 0.717) is 5.82 Å².